The zero-order valence-electron chi connectivity index (χ0n) is 25.5. The first-order chi connectivity index (χ1) is 21.9. The highest BCUT2D eigenvalue weighted by Gasteiger charge is 2.46. The van der Waals surface area contributed by atoms with Crippen LogP contribution in [-0.4, -0.2) is 25.2 Å². The number of hydrogen-bond acceptors (Lipinski definition) is 6. The van der Waals surface area contributed by atoms with Crippen molar-refractivity contribution in [2.75, 3.05) is 13.2 Å². The van der Waals surface area contributed by atoms with E-state index in [0.717, 1.165) is 22.3 Å². The molecule has 228 valence electrons. The molecule has 0 aromatic heterocycles. The van der Waals surface area contributed by atoms with E-state index in [1.165, 1.54) is 0 Å². The summed E-state index contributed by atoms with van der Waals surface area (Å²) in [5.74, 6) is 0.239. The van der Waals surface area contributed by atoms with Crippen molar-refractivity contribution in [3.05, 3.63) is 166 Å². The normalized spacial score (nSPS) is 16.6. The fourth-order valence-electron chi connectivity index (χ4n) is 6.27. The van der Waals surface area contributed by atoms with Crippen molar-refractivity contribution >= 4 is 11.9 Å². The Morgan fingerprint density at radius 1 is 0.533 bits per heavy atom. The van der Waals surface area contributed by atoms with Crippen LogP contribution in [0.1, 0.15) is 55.4 Å². The van der Waals surface area contributed by atoms with Gasteiger partial charge in [0.2, 0.25) is 0 Å². The Labute approximate surface area is 263 Å². The Morgan fingerprint density at radius 2 is 0.822 bits per heavy atom. The summed E-state index contributed by atoms with van der Waals surface area (Å²) in [6, 6.07) is 39.7. The van der Waals surface area contributed by atoms with Crippen LogP contribution in [0.2, 0.25) is 0 Å². The van der Waals surface area contributed by atoms with Crippen molar-refractivity contribution < 1.29 is 28.5 Å². The molecule has 6 rings (SSSR count). The molecular weight excluding hydrogens is 564 g/mol. The molecule has 0 atom stereocenters. The number of ether oxygens (including phenoxy) is 4. The molecule has 0 radical (unpaired) electrons. The number of rotatable bonds is 10. The van der Waals surface area contributed by atoms with Crippen LogP contribution in [0.25, 0.3) is 0 Å². The van der Waals surface area contributed by atoms with Gasteiger partial charge in [0.25, 0.3) is 0 Å². The molecule has 0 spiro atoms. The van der Waals surface area contributed by atoms with Crippen LogP contribution in [0.5, 0.6) is 0 Å². The summed E-state index contributed by atoms with van der Waals surface area (Å²) in [5.41, 5.74) is 3.26. The summed E-state index contributed by atoms with van der Waals surface area (Å²) in [4.78, 5) is 26.4. The first-order valence-corrected chi connectivity index (χ1v) is 15.3. The maximum absolute atomic E-state index is 13.2. The number of carbonyl (C=O) groups excluding carboxylic acids is 2. The van der Waals surface area contributed by atoms with E-state index in [9.17, 15) is 9.59 Å². The standard InChI is InChI=1S/C39H36O6/c1-28-34(26-38(44-28,30-16-7-3-8-17-30)31-18-9-4-10-19-31)36(40)42-24-15-25-43-37(41)35-27-39(45-29(35)2,32-20-11-5-12-21-32)33-22-13-6-14-23-33/h3-14,16-23H,15,24-27H2,1-2H3. The van der Waals surface area contributed by atoms with Gasteiger partial charge in [-0.1, -0.05) is 121 Å². The smallest absolute Gasteiger partial charge is 0.337 e. The van der Waals surface area contributed by atoms with Crippen molar-refractivity contribution in [1.82, 2.24) is 0 Å². The van der Waals surface area contributed by atoms with Gasteiger partial charge in [-0.2, -0.15) is 0 Å². The molecule has 2 aliphatic rings. The lowest BCUT2D eigenvalue weighted by Crippen LogP contribution is -2.28. The Morgan fingerprint density at radius 3 is 1.11 bits per heavy atom. The maximum Gasteiger partial charge on any atom is 0.337 e. The Hall–Kier alpha value is -5.10. The summed E-state index contributed by atoms with van der Waals surface area (Å²) in [6.45, 7) is 3.82. The van der Waals surface area contributed by atoms with E-state index in [0.29, 0.717) is 41.9 Å². The fraction of sp³-hybridized carbons (Fsp3) is 0.231. The van der Waals surface area contributed by atoms with E-state index >= 15 is 0 Å². The molecule has 4 aromatic rings. The molecule has 0 aliphatic carbocycles. The first kappa shape index (κ1) is 29.9. The molecule has 2 aliphatic heterocycles. The van der Waals surface area contributed by atoms with Gasteiger partial charge in [-0.05, 0) is 13.8 Å². The Kier molecular flexibility index (Phi) is 8.56. The number of hydrogen-bond donors (Lipinski definition) is 0. The molecule has 0 N–H and O–H groups in total. The van der Waals surface area contributed by atoms with Crippen molar-refractivity contribution in [2.24, 2.45) is 0 Å². The zero-order chi connectivity index (χ0) is 31.3. The summed E-state index contributed by atoms with van der Waals surface area (Å²) >= 11 is 0. The van der Waals surface area contributed by atoms with Crippen LogP contribution in [0.15, 0.2) is 144 Å². The molecule has 0 saturated heterocycles. The van der Waals surface area contributed by atoms with Gasteiger partial charge in [-0.15, -0.1) is 0 Å². The van der Waals surface area contributed by atoms with Gasteiger partial charge in [-0.25, -0.2) is 9.59 Å². The second-order valence-electron chi connectivity index (χ2n) is 11.4. The lowest BCUT2D eigenvalue weighted by molar-refractivity contribution is -0.141. The second kappa shape index (κ2) is 12.9. The molecule has 6 heteroatoms. The van der Waals surface area contributed by atoms with Crippen LogP contribution in [0.4, 0.5) is 0 Å². The minimum Gasteiger partial charge on any atom is -0.482 e. The number of carbonyl (C=O) groups is 2. The molecule has 0 unspecified atom stereocenters. The molecular formula is C39H36O6. The van der Waals surface area contributed by atoms with Gasteiger partial charge >= 0.3 is 11.9 Å². The van der Waals surface area contributed by atoms with Crippen LogP contribution < -0.4 is 0 Å². The lowest BCUT2D eigenvalue weighted by Gasteiger charge is -2.31. The van der Waals surface area contributed by atoms with Gasteiger partial charge in [-0.3, -0.25) is 0 Å². The van der Waals surface area contributed by atoms with Gasteiger partial charge in [0.05, 0.1) is 24.4 Å². The van der Waals surface area contributed by atoms with Crippen molar-refractivity contribution in [2.45, 2.75) is 44.3 Å². The zero-order valence-corrected chi connectivity index (χ0v) is 25.5. The van der Waals surface area contributed by atoms with Gasteiger partial charge in [0, 0.05) is 41.5 Å². The highest BCUT2D eigenvalue weighted by Crippen LogP contribution is 2.48. The third-order valence-corrected chi connectivity index (χ3v) is 8.56. The van der Waals surface area contributed by atoms with Crippen molar-refractivity contribution in [3.8, 4) is 0 Å². The summed E-state index contributed by atoms with van der Waals surface area (Å²) < 4.78 is 24.2. The summed E-state index contributed by atoms with van der Waals surface area (Å²) in [6.07, 6.45) is 1.08. The van der Waals surface area contributed by atoms with Crippen molar-refractivity contribution in [3.63, 3.8) is 0 Å². The van der Waals surface area contributed by atoms with Gasteiger partial charge in [0.15, 0.2) is 11.2 Å². The van der Waals surface area contributed by atoms with Gasteiger partial charge < -0.3 is 18.9 Å². The monoisotopic (exact) mass is 600 g/mol. The predicted molar refractivity (Wildman–Crippen MR) is 171 cm³/mol. The van der Waals surface area contributed by atoms with Crippen LogP contribution >= 0.6 is 0 Å². The Balaban J connectivity index is 1.05. The third kappa shape index (κ3) is 5.88. The van der Waals surface area contributed by atoms with E-state index in [2.05, 4.69) is 0 Å². The third-order valence-electron chi connectivity index (χ3n) is 8.56. The molecule has 2 heterocycles. The van der Waals surface area contributed by atoms with Crippen molar-refractivity contribution in [1.29, 1.82) is 0 Å². The summed E-state index contributed by atoms with van der Waals surface area (Å²) in [5, 5.41) is 0. The molecule has 6 nitrogen and oxygen atoms in total. The molecule has 4 aromatic carbocycles. The van der Waals surface area contributed by atoms with E-state index in [-0.39, 0.29) is 13.2 Å². The molecule has 0 bridgehead atoms. The topological polar surface area (TPSA) is 71.1 Å². The minimum absolute atomic E-state index is 0.110. The van der Waals surface area contributed by atoms with E-state index < -0.39 is 23.1 Å². The lowest BCUT2D eigenvalue weighted by atomic mass is 9.82. The van der Waals surface area contributed by atoms with Gasteiger partial charge in [0.1, 0.15) is 11.5 Å². The minimum atomic E-state index is -0.805. The van der Waals surface area contributed by atoms with Crippen LogP contribution in [0.3, 0.4) is 0 Å². The molecule has 0 saturated carbocycles. The fourth-order valence-corrected chi connectivity index (χ4v) is 6.27. The highest BCUT2D eigenvalue weighted by molar-refractivity contribution is 5.90. The average Bonchev–Trinajstić information content (AvgIpc) is 3.64. The number of esters is 2. The average molecular weight is 601 g/mol. The summed E-state index contributed by atoms with van der Waals surface area (Å²) in [7, 11) is 0. The largest absolute Gasteiger partial charge is 0.482 e. The first-order valence-electron chi connectivity index (χ1n) is 15.3. The maximum atomic E-state index is 13.2. The van der Waals surface area contributed by atoms with E-state index in [1.54, 1.807) is 13.8 Å². The SMILES string of the molecule is CC1=C(C(=O)OCCCOC(=O)C2=C(C)OC(c3ccccc3)(c3ccccc3)C2)CC(c2ccccc2)(c2ccccc2)O1. The van der Waals surface area contributed by atoms with E-state index in [4.69, 9.17) is 18.9 Å². The molecule has 45 heavy (non-hydrogen) atoms. The quantitative estimate of drug-likeness (QED) is 0.137. The second-order valence-corrected chi connectivity index (χ2v) is 11.4. The Bertz CT molecular complexity index is 1500. The predicted octanol–water partition coefficient (Wildman–Crippen LogP) is 7.74. The highest BCUT2D eigenvalue weighted by atomic mass is 16.6. The molecule has 0 amide bonds. The number of allylic oxidation sites excluding steroid dienone is 2. The molecule has 0 fully saturated rings. The van der Waals surface area contributed by atoms with E-state index in [1.807, 2.05) is 121 Å². The van der Waals surface area contributed by atoms with Crippen LogP contribution in [0, 0.1) is 0 Å². The van der Waals surface area contributed by atoms with Crippen LogP contribution in [-0.2, 0) is 39.7 Å². The number of benzene rings is 4.